The number of aromatic nitrogens is 3. The van der Waals surface area contributed by atoms with Gasteiger partial charge in [-0.05, 0) is 13.0 Å². The number of carbonyl (C=O) groups is 1. The van der Waals surface area contributed by atoms with Crippen molar-refractivity contribution in [3.05, 3.63) is 58.3 Å². The molecule has 0 unspecified atom stereocenters. The van der Waals surface area contributed by atoms with E-state index in [0.29, 0.717) is 23.4 Å². The Morgan fingerprint density at radius 3 is 2.87 bits per heavy atom. The molecule has 0 radical (unpaired) electrons. The molecule has 0 bridgehead atoms. The molecule has 0 aliphatic carbocycles. The zero-order chi connectivity index (χ0) is 16.4. The van der Waals surface area contributed by atoms with E-state index in [0.717, 1.165) is 5.39 Å². The molecule has 0 fully saturated rings. The van der Waals surface area contributed by atoms with Crippen molar-refractivity contribution >= 4 is 16.7 Å². The lowest BCUT2D eigenvalue weighted by atomic mass is 10.2. The Labute approximate surface area is 132 Å². The zero-order valence-electron chi connectivity index (χ0n) is 12.9. The summed E-state index contributed by atoms with van der Waals surface area (Å²) in [5, 5.41) is 9.22. The number of likely N-dealkylation sites (N-methyl/N-ethyl adjacent to an activating group) is 1. The van der Waals surface area contributed by atoms with Crippen LogP contribution >= 0.6 is 0 Å². The summed E-state index contributed by atoms with van der Waals surface area (Å²) in [5.41, 5.74) is 0.388. The number of amides is 1. The topological polar surface area (TPSA) is 81.2 Å². The average molecular weight is 312 g/mol. The fourth-order valence-electron chi connectivity index (χ4n) is 2.31. The molecule has 7 nitrogen and oxygen atoms in total. The van der Waals surface area contributed by atoms with Crippen LogP contribution in [0.3, 0.4) is 0 Å². The third-order valence-corrected chi connectivity index (χ3v) is 3.55. The third-order valence-electron chi connectivity index (χ3n) is 3.55. The van der Waals surface area contributed by atoms with Crippen LogP contribution in [0.25, 0.3) is 10.8 Å². The van der Waals surface area contributed by atoms with Crippen LogP contribution < -0.4 is 5.56 Å². The smallest absolute Gasteiger partial charge is 0.275 e. The molecule has 3 rings (SSSR count). The molecule has 1 aromatic carbocycles. The molecule has 118 valence electrons. The first-order valence-corrected chi connectivity index (χ1v) is 7.15. The second kappa shape index (κ2) is 6.04. The molecule has 0 spiro atoms. The Bertz CT molecular complexity index is 913. The van der Waals surface area contributed by atoms with E-state index in [4.69, 9.17) is 4.52 Å². The van der Waals surface area contributed by atoms with Crippen LogP contribution in [0.4, 0.5) is 0 Å². The van der Waals surface area contributed by atoms with Crippen LogP contribution in [-0.2, 0) is 17.9 Å². The van der Waals surface area contributed by atoms with Crippen LogP contribution in [0.15, 0.2) is 45.8 Å². The van der Waals surface area contributed by atoms with E-state index >= 15 is 0 Å². The molecule has 0 N–H and O–H groups in total. The van der Waals surface area contributed by atoms with Gasteiger partial charge in [0.25, 0.3) is 5.56 Å². The number of nitrogens with zero attached hydrogens (tertiary/aromatic N) is 4. The van der Waals surface area contributed by atoms with Gasteiger partial charge in [0.1, 0.15) is 18.0 Å². The maximum absolute atomic E-state index is 12.4. The largest absolute Gasteiger partial charge is 0.361 e. The molecule has 2 aromatic heterocycles. The van der Waals surface area contributed by atoms with Crippen LogP contribution in [0.5, 0.6) is 0 Å². The van der Waals surface area contributed by atoms with Crippen molar-refractivity contribution in [3.63, 3.8) is 0 Å². The van der Waals surface area contributed by atoms with Crippen LogP contribution in [0, 0.1) is 6.92 Å². The highest BCUT2D eigenvalue weighted by atomic mass is 16.5. The molecule has 2 heterocycles. The van der Waals surface area contributed by atoms with Gasteiger partial charge in [-0.1, -0.05) is 23.4 Å². The van der Waals surface area contributed by atoms with E-state index in [-0.39, 0.29) is 18.0 Å². The minimum atomic E-state index is -0.276. The summed E-state index contributed by atoms with van der Waals surface area (Å²) in [7, 11) is 1.65. The maximum Gasteiger partial charge on any atom is 0.275 e. The summed E-state index contributed by atoms with van der Waals surface area (Å²) >= 11 is 0. The number of benzene rings is 1. The number of fused-ring (bicyclic) bond motifs is 1. The molecule has 23 heavy (non-hydrogen) atoms. The summed E-state index contributed by atoms with van der Waals surface area (Å²) in [5.74, 6) is 0.462. The third kappa shape index (κ3) is 3.13. The van der Waals surface area contributed by atoms with Gasteiger partial charge >= 0.3 is 0 Å². The monoisotopic (exact) mass is 312 g/mol. The van der Waals surface area contributed by atoms with Gasteiger partial charge in [-0.15, -0.1) is 0 Å². The molecule has 0 aliphatic heterocycles. The second-order valence-corrected chi connectivity index (χ2v) is 5.37. The Balaban J connectivity index is 1.77. The standard InChI is InChI=1S/C16H16N4O3/c1-11-7-13(18-23-11)9-19(2)15(21)10-20-16(22)14-6-4-3-5-12(14)8-17-20/h3-8H,9-10H2,1-2H3. The van der Waals surface area contributed by atoms with Gasteiger partial charge < -0.3 is 9.42 Å². The highest BCUT2D eigenvalue weighted by Crippen LogP contribution is 2.07. The molecule has 1 amide bonds. The van der Waals surface area contributed by atoms with Crippen LogP contribution in [-0.4, -0.2) is 32.8 Å². The Morgan fingerprint density at radius 2 is 2.13 bits per heavy atom. The van der Waals surface area contributed by atoms with E-state index < -0.39 is 0 Å². The number of carbonyl (C=O) groups excluding carboxylic acids is 1. The minimum Gasteiger partial charge on any atom is -0.361 e. The molecule has 0 aliphatic rings. The van der Waals surface area contributed by atoms with Gasteiger partial charge in [-0.25, -0.2) is 4.68 Å². The zero-order valence-corrected chi connectivity index (χ0v) is 12.9. The van der Waals surface area contributed by atoms with Crippen molar-refractivity contribution < 1.29 is 9.32 Å². The van der Waals surface area contributed by atoms with Crippen molar-refractivity contribution in [2.45, 2.75) is 20.0 Å². The van der Waals surface area contributed by atoms with Crippen molar-refractivity contribution in [3.8, 4) is 0 Å². The molecule has 0 saturated carbocycles. The van der Waals surface area contributed by atoms with Crippen LogP contribution in [0.2, 0.25) is 0 Å². The summed E-state index contributed by atoms with van der Waals surface area (Å²) in [6, 6.07) is 8.93. The van der Waals surface area contributed by atoms with E-state index in [1.165, 1.54) is 9.58 Å². The summed E-state index contributed by atoms with van der Waals surface area (Å²) in [6.07, 6.45) is 1.59. The van der Waals surface area contributed by atoms with Crippen molar-refractivity contribution in [2.24, 2.45) is 0 Å². The minimum absolute atomic E-state index is 0.114. The molecule has 3 aromatic rings. The predicted molar refractivity (Wildman–Crippen MR) is 83.7 cm³/mol. The fourth-order valence-corrected chi connectivity index (χ4v) is 2.31. The first-order chi connectivity index (χ1) is 11.0. The molecular formula is C16H16N4O3. The molecule has 7 heteroatoms. The lowest BCUT2D eigenvalue weighted by molar-refractivity contribution is -0.131. The van der Waals surface area contributed by atoms with Gasteiger partial charge in [-0.2, -0.15) is 5.10 Å². The second-order valence-electron chi connectivity index (χ2n) is 5.37. The lowest BCUT2D eigenvalue weighted by Crippen LogP contribution is -2.34. The highest BCUT2D eigenvalue weighted by molar-refractivity contribution is 5.81. The fraction of sp³-hybridized carbons (Fsp3) is 0.250. The first kappa shape index (κ1) is 15.0. The van der Waals surface area contributed by atoms with E-state index in [2.05, 4.69) is 10.3 Å². The van der Waals surface area contributed by atoms with E-state index in [1.54, 1.807) is 38.4 Å². The normalized spacial score (nSPS) is 10.9. The molecule has 0 atom stereocenters. The Hall–Kier alpha value is -2.96. The van der Waals surface area contributed by atoms with E-state index in [1.807, 2.05) is 12.1 Å². The van der Waals surface area contributed by atoms with Crippen LogP contribution in [0.1, 0.15) is 11.5 Å². The van der Waals surface area contributed by atoms with Gasteiger partial charge in [0.05, 0.1) is 18.1 Å². The number of hydrogen-bond acceptors (Lipinski definition) is 5. The summed E-state index contributed by atoms with van der Waals surface area (Å²) < 4.78 is 6.15. The maximum atomic E-state index is 12.4. The number of hydrogen-bond donors (Lipinski definition) is 0. The SMILES string of the molecule is Cc1cc(CN(C)C(=O)Cn2ncc3ccccc3c2=O)no1. The quantitative estimate of drug-likeness (QED) is 0.726. The first-order valence-electron chi connectivity index (χ1n) is 7.15. The van der Waals surface area contributed by atoms with Crippen molar-refractivity contribution in [2.75, 3.05) is 7.05 Å². The summed E-state index contributed by atoms with van der Waals surface area (Å²) in [6.45, 7) is 1.99. The predicted octanol–water partition coefficient (Wildman–Crippen LogP) is 1.35. The van der Waals surface area contributed by atoms with Gasteiger partial charge in [-0.3, -0.25) is 9.59 Å². The highest BCUT2D eigenvalue weighted by Gasteiger charge is 2.14. The van der Waals surface area contributed by atoms with Gasteiger partial charge in [0.15, 0.2) is 0 Å². The summed E-state index contributed by atoms with van der Waals surface area (Å²) in [4.78, 5) is 26.1. The number of rotatable bonds is 4. The van der Waals surface area contributed by atoms with E-state index in [9.17, 15) is 9.59 Å². The Kier molecular flexibility index (Phi) is 3.92. The molecule has 0 saturated heterocycles. The molecular weight excluding hydrogens is 296 g/mol. The lowest BCUT2D eigenvalue weighted by Gasteiger charge is -2.15. The Morgan fingerprint density at radius 1 is 1.35 bits per heavy atom. The average Bonchev–Trinajstić information content (AvgIpc) is 2.95. The van der Waals surface area contributed by atoms with Crippen molar-refractivity contribution in [1.82, 2.24) is 19.8 Å². The van der Waals surface area contributed by atoms with Gasteiger partial charge in [0.2, 0.25) is 5.91 Å². The number of aryl methyl sites for hydroxylation is 1. The van der Waals surface area contributed by atoms with Gasteiger partial charge in [0, 0.05) is 18.5 Å². The van der Waals surface area contributed by atoms with Crippen molar-refractivity contribution in [1.29, 1.82) is 0 Å².